The van der Waals surface area contributed by atoms with Gasteiger partial charge in [0.1, 0.15) is 0 Å². The van der Waals surface area contributed by atoms with Crippen molar-refractivity contribution in [3.05, 3.63) is 0 Å². The second-order valence-electron chi connectivity index (χ2n) is 2.76. The lowest BCUT2D eigenvalue weighted by atomic mass is 9.80. The molecule has 0 saturated heterocycles. The molecular weight excluding hydrogens is 491 g/mol. The van der Waals surface area contributed by atoms with Crippen molar-refractivity contribution in [2.75, 3.05) is 6.54 Å². The fourth-order valence-electron chi connectivity index (χ4n) is 1.18. The predicted octanol–water partition coefficient (Wildman–Crippen LogP) is 4.02. The van der Waals surface area contributed by atoms with Crippen molar-refractivity contribution in [3.63, 3.8) is 0 Å². The van der Waals surface area contributed by atoms with E-state index in [2.05, 4.69) is 20.8 Å². The maximum atomic E-state index is 5.64. The summed E-state index contributed by atoms with van der Waals surface area (Å²) in [6.07, 6.45) is 3.66. The average Bonchev–Trinajstić information content (AvgIpc) is 1.95. The van der Waals surface area contributed by atoms with Crippen LogP contribution in [0, 0.1) is 5.41 Å². The van der Waals surface area contributed by atoms with Gasteiger partial charge in [0, 0.05) is 0 Å². The molecule has 0 aliphatic heterocycles. The van der Waals surface area contributed by atoms with Crippen molar-refractivity contribution in [2.24, 2.45) is 11.1 Å². The SMILES string of the molecule is CCC(CC)(CC)CN.I.I.I. The Morgan fingerprint density at radius 1 is 0.833 bits per heavy atom. The van der Waals surface area contributed by atoms with Gasteiger partial charge in [-0.05, 0) is 31.2 Å². The standard InChI is InChI=1S/C8H19N.3HI/c1-4-8(5-2,6-3)7-9;;;/h4-7,9H2,1-3H3;3*1H. The number of hydrogen-bond donors (Lipinski definition) is 1. The molecule has 0 atom stereocenters. The number of rotatable bonds is 4. The molecule has 0 aromatic carbocycles. The summed E-state index contributed by atoms with van der Waals surface area (Å²) >= 11 is 0. The summed E-state index contributed by atoms with van der Waals surface area (Å²) in [5.74, 6) is 0. The van der Waals surface area contributed by atoms with Crippen LogP contribution in [0.5, 0.6) is 0 Å². The molecule has 12 heavy (non-hydrogen) atoms. The molecule has 1 nitrogen and oxygen atoms in total. The molecule has 4 heteroatoms. The quantitative estimate of drug-likeness (QED) is 0.566. The Morgan fingerprint density at radius 2 is 1.08 bits per heavy atom. The van der Waals surface area contributed by atoms with Crippen LogP contribution in [0.15, 0.2) is 0 Å². The summed E-state index contributed by atoms with van der Waals surface area (Å²) < 4.78 is 0. The molecule has 0 aromatic rings. The molecule has 0 heterocycles. The van der Waals surface area contributed by atoms with Crippen molar-refractivity contribution < 1.29 is 0 Å². The zero-order valence-corrected chi connectivity index (χ0v) is 15.1. The largest absolute Gasteiger partial charge is 0.330 e. The molecule has 2 N–H and O–H groups in total. The lowest BCUT2D eigenvalue weighted by molar-refractivity contribution is 0.262. The molecule has 0 radical (unpaired) electrons. The van der Waals surface area contributed by atoms with Gasteiger partial charge in [-0.3, -0.25) is 0 Å². The van der Waals surface area contributed by atoms with Crippen molar-refractivity contribution >= 4 is 71.9 Å². The normalized spacial score (nSPS) is 9.00. The van der Waals surface area contributed by atoms with Gasteiger partial charge in [0.15, 0.2) is 0 Å². The third-order valence-electron chi connectivity index (χ3n) is 2.68. The third-order valence-corrected chi connectivity index (χ3v) is 2.68. The number of halogens is 3. The Bertz CT molecular complexity index is 57.2. The Balaban J connectivity index is -0.000000107. The van der Waals surface area contributed by atoms with E-state index >= 15 is 0 Å². The van der Waals surface area contributed by atoms with Gasteiger partial charge < -0.3 is 5.73 Å². The molecule has 0 rings (SSSR count). The highest BCUT2D eigenvalue weighted by Gasteiger charge is 2.20. The topological polar surface area (TPSA) is 26.0 Å². The summed E-state index contributed by atoms with van der Waals surface area (Å²) in [6.45, 7) is 7.51. The first-order valence-electron chi connectivity index (χ1n) is 3.94. The molecule has 0 aliphatic carbocycles. The highest BCUT2D eigenvalue weighted by atomic mass is 127. The predicted molar refractivity (Wildman–Crippen MR) is 88.6 cm³/mol. The van der Waals surface area contributed by atoms with Crippen LogP contribution in [-0.2, 0) is 0 Å². The van der Waals surface area contributed by atoms with Crippen molar-refractivity contribution in [1.29, 1.82) is 0 Å². The molecule has 0 bridgehead atoms. The van der Waals surface area contributed by atoms with E-state index in [-0.39, 0.29) is 71.9 Å². The minimum absolute atomic E-state index is 0. The van der Waals surface area contributed by atoms with Crippen LogP contribution in [0.1, 0.15) is 40.0 Å². The van der Waals surface area contributed by atoms with Crippen LogP contribution < -0.4 is 5.73 Å². The zero-order valence-electron chi connectivity index (χ0n) is 8.13. The van der Waals surface area contributed by atoms with E-state index in [1.54, 1.807) is 0 Å². The van der Waals surface area contributed by atoms with E-state index in [0.717, 1.165) is 6.54 Å². The van der Waals surface area contributed by atoms with Crippen LogP contribution in [0.2, 0.25) is 0 Å². The lowest BCUT2D eigenvalue weighted by Crippen LogP contribution is -2.28. The smallest absolute Gasteiger partial charge is 0.00208 e. The van der Waals surface area contributed by atoms with Gasteiger partial charge in [0.25, 0.3) is 0 Å². The molecule has 0 aromatic heterocycles. The lowest BCUT2D eigenvalue weighted by Gasteiger charge is -2.28. The fraction of sp³-hybridized carbons (Fsp3) is 1.00. The van der Waals surface area contributed by atoms with Crippen LogP contribution in [-0.4, -0.2) is 6.54 Å². The van der Waals surface area contributed by atoms with Crippen molar-refractivity contribution in [3.8, 4) is 0 Å². The molecule has 80 valence electrons. The molecule has 0 saturated carbocycles. The third kappa shape index (κ3) is 7.54. The minimum Gasteiger partial charge on any atom is -0.330 e. The second kappa shape index (κ2) is 13.2. The van der Waals surface area contributed by atoms with E-state index in [9.17, 15) is 0 Å². The Kier molecular flexibility index (Phi) is 26.0. The first kappa shape index (κ1) is 23.8. The second-order valence-corrected chi connectivity index (χ2v) is 2.76. The van der Waals surface area contributed by atoms with E-state index in [1.165, 1.54) is 19.3 Å². The Morgan fingerprint density at radius 3 is 1.08 bits per heavy atom. The van der Waals surface area contributed by atoms with Gasteiger partial charge in [0.2, 0.25) is 0 Å². The monoisotopic (exact) mass is 513 g/mol. The van der Waals surface area contributed by atoms with Crippen molar-refractivity contribution in [2.45, 2.75) is 40.0 Å². The van der Waals surface area contributed by atoms with Gasteiger partial charge in [-0.15, -0.1) is 71.9 Å². The molecule has 0 unspecified atom stereocenters. The Labute approximate surface area is 128 Å². The van der Waals surface area contributed by atoms with E-state index in [1.807, 2.05) is 0 Å². The van der Waals surface area contributed by atoms with Crippen LogP contribution in [0.4, 0.5) is 0 Å². The summed E-state index contributed by atoms with van der Waals surface area (Å²) in [5, 5.41) is 0. The maximum Gasteiger partial charge on any atom is -0.00208 e. The van der Waals surface area contributed by atoms with Crippen LogP contribution in [0.25, 0.3) is 0 Å². The number of nitrogens with two attached hydrogens (primary N) is 1. The van der Waals surface area contributed by atoms with E-state index < -0.39 is 0 Å². The fourth-order valence-corrected chi connectivity index (χ4v) is 1.18. The molecular formula is C8H22I3N. The zero-order chi connectivity index (χ0) is 7.33. The summed E-state index contributed by atoms with van der Waals surface area (Å²) in [4.78, 5) is 0. The summed E-state index contributed by atoms with van der Waals surface area (Å²) in [6, 6.07) is 0. The van der Waals surface area contributed by atoms with E-state index in [0.29, 0.717) is 5.41 Å². The average molecular weight is 513 g/mol. The highest BCUT2D eigenvalue weighted by Crippen LogP contribution is 2.28. The van der Waals surface area contributed by atoms with Gasteiger partial charge in [-0.1, -0.05) is 20.8 Å². The van der Waals surface area contributed by atoms with Gasteiger partial charge in [-0.25, -0.2) is 0 Å². The first-order valence-corrected chi connectivity index (χ1v) is 3.94. The molecule has 0 spiro atoms. The maximum absolute atomic E-state index is 5.64. The van der Waals surface area contributed by atoms with Crippen molar-refractivity contribution in [1.82, 2.24) is 0 Å². The minimum atomic E-state index is 0. The van der Waals surface area contributed by atoms with Crippen LogP contribution >= 0.6 is 71.9 Å². The summed E-state index contributed by atoms with van der Waals surface area (Å²) in [7, 11) is 0. The molecule has 0 aliphatic rings. The van der Waals surface area contributed by atoms with Gasteiger partial charge >= 0.3 is 0 Å². The van der Waals surface area contributed by atoms with Gasteiger partial charge in [0.05, 0.1) is 0 Å². The van der Waals surface area contributed by atoms with E-state index in [4.69, 9.17) is 5.73 Å². The first-order chi connectivity index (χ1) is 4.24. The number of hydrogen-bond acceptors (Lipinski definition) is 1. The molecule has 0 amide bonds. The Hall–Kier alpha value is 2.15. The molecule has 0 fully saturated rings. The van der Waals surface area contributed by atoms with Crippen LogP contribution in [0.3, 0.4) is 0 Å². The van der Waals surface area contributed by atoms with Gasteiger partial charge in [-0.2, -0.15) is 0 Å². The highest BCUT2D eigenvalue weighted by molar-refractivity contribution is 14.0. The summed E-state index contributed by atoms with van der Waals surface area (Å²) in [5.41, 5.74) is 6.08.